The summed E-state index contributed by atoms with van der Waals surface area (Å²) in [5, 5.41) is 14.2. The number of hydrogen-bond acceptors (Lipinski definition) is 3. The first-order valence-electron chi connectivity index (χ1n) is 6.19. The zero-order chi connectivity index (χ0) is 11.3. The van der Waals surface area contributed by atoms with Gasteiger partial charge in [-0.1, -0.05) is 20.3 Å². The van der Waals surface area contributed by atoms with Gasteiger partial charge in [-0.15, -0.1) is 0 Å². The van der Waals surface area contributed by atoms with Crippen LogP contribution < -0.4 is 5.32 Å². The molecule has 0 aromatic heterocycles. The Morgan fingerprint density at radius 2 is 2.27 bits per heavy atom. The maximum Gasteiger partial charge on any atom is 0.0889 e. The van der Waals surface area contributed by atoms with Gasteiger partial charge < -0.3 is 10.4 Å². The van der Waals surface area contributed by atoms with Crippen LogP contribution in [0.15, 0.2) is 0 Å². The van der Waals surface area contributed by atoms with Crippen LogP contribution in [0.5, 0.6) is 0 Å². The van der Waals surface area contributed by atoms with Gasteiger partial charge in [0.2, 0.25) is 0 Å². The lowest BCUT2D eigenvalue weighted by Gasteiger charge is -2.45. The molecule has 90 valence electrons. The van der Waals surface area contributed by atoms with Gasteiger partial charge in [-0.2, -0.15) is 11.8 Å². The SMILES string of the molecule is CCCC(C)NCC1(O)CCC1SCC. The third-order valence-corrected chi connectivity index (χ3v) is 4.70. The molecule has 0 aromatic rings. The van der Waals surface area contributed by atoms with E-state index in [0.717, 1.165) is 18.7 Å². The third kappa shape index (κ3) is 3.65. The lowest BCUT2D eigenvalue weighted by atomic mass is 9.79. The van der Waals surface area contributed by atoms with Crippen LogP contribution in [-0.2, 0) is 0 Å². The molecule has 0 radical (unpaired) electrons. The Hall–Kier alpha value is 0.270. The molecule has 0 aromatic carbocycles. The molecule has 1 saturated carbocycles. The van der Waals surface area contributed by atoms with Crippen LogP contribution >= 0.6 is 11.8 Å². The van der Waals surface area contributed by atoms with Crippen molar-refractivity contribution in [1.82, 2.24) is 5.32 Å². The predicted molar refractivity (Wildman–Crippen MR) is 68.5 cm³/mol. The second kappa shape index (κ2) is 6.12. The van der Waals surface area contributed by atoms with Crippen molar-refractivity contribution in [3.63, 3.8) is 0 Å². The van der Waals surface area contributed by atoms with Gasteiger partial charge in [0.25, 0.3) is 0 Å². The van der Waals surface area contributed by atoms with E-state index in [9.17, 15) is 5.11 Å². The highest BCUT2D eigenvalue weighted by Gasteiger charge is 2.44. The zero-order valence-corrected chi connectivity index (χ0v) is 11.1. The molecular formula is C12H25NOS. The van der Waals surface area contributed by atoms with Crippen molar-refractivity contribution in [3.8, 4) is 0 Å². The Bertz CT molecular complexity index is 188. The maximum atomic E-state index is 10.3. The predicted octanol–water partition coefficient (Wildman–Crippen LogP) is 2.41. The summed E-state index contributed by atoms with van der Waals surface area (Å²) < 4.78 is 0. The molecule has 0 bridgehead atoms. The Labute approximate surface area is 98.2 Å². The average Bonchev–Trinajstić information content (AvgIpc) is 2.21. The second-order valence-electron chi connectivity index (χ2n) is 4.66. The molecule has 15 heavy (non-hydrogen) atoms. The summed E-state index contributed by atoms with van der Waals surface area (Å²) in [4.78, 5) is 0. The minimum absolute atomic E-state index is 0.428. The third-order valence-electron chi connectivity index (χ3n) is 3.28. The van der Waals surface area contributed by atoms with E-state index in [1.54, 1.807) is 0 Å². The Balaban J connectivity index is 2.24. The summed E-state index contributed by atoms with van der Waals surface area (Å²) in [5.74, 6) is 1.11. The maximum absolute atomic E-state index is 10.3. The van der Waals surface area contributed by atoms with E-state index in [0.29, 0.717) is 11.3 Å². The van der Waals surface area contributed by atoms with Gasteiger partial charge in [0, 0.05) is 17.8 Å². The molecule has 1 fully saturated rings. The minimum Gasteiger partial charge on any atom is -0.387 e. The molecule has 1 aliphatic carbocycles. The number of rotatable bonds is 7. The summed E-state index contributed by atoms with van der Waals surface area (Å²) >= 11 is 1.90. The van der Waals surface area contributed by atoms with Gasteiger partial charge in [0.05, 0.1) is 5.60 Å². The van der Waals surface area contributed by atoms with Crippen molar-refractivity contribution in [2.24, 2.45) is 0 Å². The van der Waals surface area contributed by atoms with Gasteiger partial charge in [-0.05, 0) is 31.9 Å². The largest absolute Gasteiger partial charge is 0.387 e. The van der Waals surface area contributed by atoms with Crippen LogP contribution in [0.3, 0.4) is 0 Å². The fourth-order valence-electron chi connectivity index (χ4n) is 2.12. The number of nitrogens with one attached hydrogen (secondary N) is 1. The van der Waals surface area contributed by atoms with Crippen molar-refractivity contribution in [3.05, 3.63) is 0 Å². The van der Waals surface area contributed by atoms with Gasteiger partial charge in [-0.3, -0.25) is 0 Å². The molecule has 2 nitrogen and oxygen atoms in total. The molecule has 3 unspecified atom stereocenters. The van der Waals surface area contributed by atoms with Crippen LogP contribution in [-0.4, -0.2) is 34.3 Å². The van der Waals surface area contributed by atoms with Crippen molar-refractivity contribution < 1.29 is 5.11 Å². The molecule has 3 atom stereocenters. The van der Waals surface area contributed by atoms with Gasteiger partial charge in [-0.25, -0.2) is 0 Å². The molecule has 0 heterocycles. The summed E-state index contributed by atoms with van der Waals surface area (Å²) in [5.41, 5.74) is -0.428. The molecule has 0 saturated heterocycles. The van der Waals surface area contributed by atoms with E-state index in [1.807, 2.05) is 11.8 Å². The normalized spacial score (nSPS) is 32.4. The van der Waals surface area contributed by atoms with Crippen LogP contribution in [0.2, 0.25) is 0 Å². The van der Waals surface area contributed by atoms with Crippen molar-refractivity contribution in [2.45, 2.75) is 63.3 Å². The molecular weight excluding hydrogens is 206 g/mol. The first-order chi connectivity index (χ1) is 7.12. The molecule has 0 spiro atoms. The molecule has 0 aliphatic heterocycles. The van der Waals surface area contributed by atoms with Crippen molar-refractivity contribution in [1.29, 1.82) is 0 Å². The highest BCUT2D eigenvalue weighted by atomic mass is 32.2. The van der Waals surface area contributed by atoms with E-state index in [1.165, 1.54) is 19.3 Å². The lowest BCUT2D eigenvalue weighted by molar-refractivity contribution is -0.0250. The average molecular weight is 231 g/mol. The molecule has 0 amide bonds. The Morgan fingerprint density at radius 1 is 1.53 bits per heavy atom. The minimum atomic E-state index is -0.428. The quantitative estimate of drug-likeness (QED) is 0.706. The lowest BCUT2D eigenvalue weighted by Crippen LogP contribution is -2.57. The Kier molecular flexibility index (Phi) is 5.44. The zero-order valence-electron chi connectivity index (χ0n) is 10.3. The highest BCUT2D eigenvalue weighted by Crippen LogP contribution is 2.40. The topological polar surface area (TPSA) is 32.3 Å². The van der Waals surface area contributed by atoms with Gasteiger partial charge in [0.1, 0.15) is 0 Å². The van der Waals surface area contributed by atoms with Gasteiger partial charge in [0.15, 0.2) is 0 Å². The first-order valence-corrected chi connectivity index (χ1v) is 7.24. The smallest absolute Gasteiger partial charge is 0.0889 e. The second-order valence-corrected chi connectivity index (χ2v) is 6.14. The molecule has 1 rings (SSSR count). The monoisotopic (exact) mass is 231 g/mol. The van der Waals surface area contributed by atoms with E-state index in [-0.39, 0.29) is 0 Å². The fraction of sp³-hybridized carbons (Fsp3) is 1.00. The van der Waals surface area contributed by atoms with E-state index >= 15 is 0 Å². The van der Waals surface area contributed by atoms with E-state index in [4.69, 9.17) is 0 Å². The summed E-state index contributed by atoms with van der Waals surface area (Å²) in [7, 11) is 0. The van der Waals surface area contributed by atoms with Crippen LogP contribution in [0.4, 0.5) is 0 Å². The van der Waals surface area contributed by atoms with Crippen molar-refractivity contribution in [2.75, 3.05) is 12.3 Å². The number of hydrogen-bond donors (Lipinski definition) is 2. The van der Waals surface area contributed by atoms with Gasteiger partial charge >= 0.3 is 0 Å². The summed E-state index contributed by atoms with van der Waals surface area (Å²) in [6.45, 7) is 7.34. The van der Waals surface area contributed by atoms with E-state index < -0.39 is 5.60 Å². The van der Waals surface area contributed by atoms with Crippen LogP contribution in [0.25, 0.3) is 0 Å². The molecule has 2 N–H and O–H groups in total. The summed E-state index contributed by atoms with van der Waals surface area (Å²) in [6, 6.07) is 0.534. The molecule has 1 aliphatic rings. The number of aliphatic hydroxyl groups is 1. The molecule has 3 heteroatoms. The Morgan fingerprint density at radius 3 is 2.73 bits per heavy atom. The van der Waals surface area contributed by atoms with Crippen LogP contribution in [0.1, 0.15) is 46.5 Å². The number of thioether (sulfide) groups is 1. The standard InChI is InChI=1S/C12H25NOS/c1-4-6-10(3)13-9-12(14)8-7-11(12)15-5-2/h10-11,13-14H,4-9H2,1-3H3. The first kappa shape index (κ1) is 13.3. The fourth-order valence-corrected chi connectivity index (χ4v) is 3.32. The van der Waals surface area contributed by atoms with E-state index in [2.05, 4.69) is 26.1 Å². The van der Waals surface area contributed by atoms with Crippen LogP contribution in [0, 0.1) is 0 Å². The summed E-state index contributed by atoms with van der Waals surface area (Å²) in [6.07, 6.45) is 4.55. The van der Waals surface area contributed by atoms with Crippen molar-refractivity contribution >= 4 is 11.8 Å². The highest BCUT2D eigenvalue weighted by molar-refractivity contribution is 8.00.